The summed E-state index contributed by atoms with van der Waals surface area (Å²) in [5.74, 6) is -0.631. The van der Waals surface area contributed by atoms with Crippen LogP contribution in [0, 0.1) is 0 Å². The molecule has 0 radical (unpaired) electrons. The van der Waals surface area contributed by atoms with E-state index in [9.17, 15) is 14.7 Å². The zero-order chi connectivity index (χ0) is 12.1. The van der Waals surface area contributed by atoms with Gasteiger partial charge < -0.3 is 15.7 Å². The first-order valence-corrected chi connectivity index (χ1v) is 4.82. The third-order valence-electron chi connectivity index (χ3n) is 2.01. The summed E-state index contributed by atoms with van der Waals surface area (Å²) < 4.78 is 0. The molecule has 1 aromatic rings. The maximum Gasteiger partial charge on any atom is 0.252 e. The maximum absolute atomic E-state index is 11.6. The molecule has 0 saturated heterocycles. The summed E-state index contributed by atoms with van der Waals surface area (Å²) >= 11 is 0. The minimum absolute atomic E-state index is 0.0951. The Kier molecular flexibility index (Phi) is 4.02. The summed E-state index contributed by atoms with van der Waals surface area (Å²) in [5, 5.41) is 14.7. The molecule has 0 fully saturated rings. The van der Waals surface area contributed by atoms with Gasteiger partial charge in [-0.15, -0.1) is 0 Å². The van der Waals surface area contributed by atoms with E-state index in [0.717, 1.165) is 0 Å². The van der Waals surface area contributed by atoms with Gasteiger partial charge >= 0.3 is 0 Å². The van der Waals surface area contributed by atoms with Crippen LogP contribution < -0.4 is 10.6 Å². The van der Waals surface area contributed by atoms with Gasteiger partial charge in [-0.25, -0.2) is 0 Å². The molecule has 16 heavy (non-hydrogen) atoms. The van der Waals surface area contributed by atoms with Crippen LogP contribution in [0.5, 0.6) is 5.75 Å². The topological polar surface area (TPSA) is 78.4 Å². The lowest BCUT2D eigenvalue weighted by Crippen LogP contribution is -2.31. The largest absolute Gasteiger partial charge is 0.508 e. The highest BCUT2D eigenvalue weighted by Gasteiger charge is 2.09. The summed E-state index contributed by atoms with van der Waals surface area (Å²) in [7, 11) is 1.70. The monoisotopic (exact) mass is 222 g/mol. The van der Waals surface area contributed by atoms with Crippen molar-refractivity contribution < 1.29 is 14.7 Å². The Bertz CT molecular complexity index is 416. The number of hydrogen-bond acceptors (Lipinski definition) is 4. The molecule has 0 saturated carbocycles. The summed E-state index contributed by atoms with van der Waals surface area (Å²) in [6, 6.07) is 4.10. The number of aromatic hydroxyl groups is 1. The number of rotatable bonds is 4. The van der Waals surface area contributed by atoms with E-state index in [4.69, 9.17) is 0 Å². The number of phenols is 1. The van der Waals surface area contributed by atoms with E-state index >= 15 is 0 Å². The number of benzene rings is 1. The van der Waals surface area contributed by atoms with Crippen LogP contribution in [0.25, 0.3) is 0 Å². The lowest BCUT2D eigenvalue weighted by atomic mass is 10.1. The molecule has 5 heteroatoms. The second-order valence-electron chi connectivity index (χ2n) is 3.36. The van der Waals surface area contributed by atoms with Gasteiger partial charge in [0.1, 0.15) is 5.75 Å². The number of carbonyl (C=O) groups is 2. The molecule has 0 atom stereocenters. The van der Waals surface area contributed by atoms with Gasteiger partial charge in [-0.2, -0.15) is 0 Å². The summed E-state index contributed by atoms with van der Waals surface area (Å²) in [5.41, 5.74) is 0.579. The van der Waals surface area contributed by atoms with Gasteiger partial charge in [0.25, 0.3) is 5.91 Å². The second-order valence-corrected chi connectivity index (χ2v) is 3.36. The fraction of sp³-hybridized carbons (Fsp3) is 0.273. The fourth-order valence-electron chi connectivity index (χ4n) is 1.22. The normalized spacial score (nSPS) is 9.88. The van der Waals surface area contributed by atoms with Crippen LogP contribution in [-0.4, -0.2) is 30.5 Å². The number of amides is 1. The average molecular weight is 222 g/mol. The first-order chi connectivity index (χ1) is 7.54. The Labute approximate surface area is 93.5 Å². The third kappa shape index (κ3) is 3.06. The molecule has 1 amide bonds. The number of carbonyl (C=O) groups excluding carboxylic acids is 2. The molecule has 0 aliphatic carbocycles. The van der Waals surface area contributed by atoms with Crippen LogP contribution in [0.4, 0.5) is 0 Å². The highest BCUT2D eigenvalue weighted by atomic mass is 16.3. The Hall–Kier alpha value is -1.88. The van der Waals surface area contributed by atoms with Crippen LogP contribution in [0.15, 0.2) is 18.2 Å². The van der Waals surface area contributed by atoms with Crippen molar-refractivity contribution in [2.45, 2.75) is 6.92 Å². The molecule has 0 aliphatic heterocycles. The minimum Gasteiger partial charge on any atom is -0.508 e. The van der Waals surface area contributed by atoms with Crippen LogP contribution in [0.3, 0.4) is 0 Å². The maximum atomic E-state index is 11.6. The molecule has 86 valence electrons. The first kappa shape index (κ1) is 12.2. The summed E-state index contributed by atoms with van der Waals surface area (Å²) in [6.45, 7) is 1.70. The fourth-order valence-corrected chi connectivity index (χ4v) is 1.22. The highest BCUT2D eigenvalue weighted by Crippen LogP contribution is 2.16. The van der Waals surface area contributed by atoms with Crippen LogP contribution in [0.2, 0.25) is 0 Å². The van der Waals surface area contributed by atoms with Crippen molar-refractivity contribution in [3.8, 4) is 5.75 Å². The average Bonchev–Trinajstić information content (AvgIpc) is 2.24. The Morgan fingerprint density at radius 2 is 1.88 bits per heavy atom. The van der Waals surface area contributed by atoms with Gasteiger partial charge in [-0.05, 0) is 32.2 Å². The Morgan fingerprint density at radius 1 is 1.25 bits per heavy atom. The van der Waals surface area contributed by atoms with Gasteiger partial charge in [0.2, 0.25) is 0 Å². The SMILES string of the molecule is CNCNC(=O)c1cc(O)cc(C(C)=O)c1. The molecular weight excluding hydrogens is 208 g/mol. The van der Waals surface area contributed by atoms with Gasteiger partial charge in [0.05, 0.1) is 6.67 Å². The van der Waals surface area contributed by atoms with E-state index in [-0.39, 0.29) is 23.0 Å². The van der Waals surface area contributed by atoms with E-state index in [1.807, 2.05) is 0 Å². The molecule has 3 N–H and O–H groups in total. The van der Waals surface area contributed by atoms with Crippen LogP contribution >= 0.6 is 0 Å². The van der Waals surface area contributed by atoms with Crippen LogP contribution in [0.1, 0.15) is 27.6 Å². The Morgan fingerprint density at radius 3 is 2.44 bits per heavy atom. The predicted octanol–water partition coefficient (Wildman–Crippen LogP) is 0.502. The number of phenolic OH excluding ortho intramolecular Hbond substituents is 1. The zero-order valence-corrected chi connectivity index (χ0v) is 9.20. The van der Waals surface area contributed by atoms with Gasteiger partial charge in [-0.1, -0.05) is 0 Å². The second kappa shape index (κ2) is 5.27. The zero-order valence-electron chi connectivity index (χ0n) is 9.20. The summed E-state index contributed by atoms with van der Waals surface area (Å²) in [6.07, 6.45) is 0. The van der Waals surface area contributed by atoms with E-state index in [0.29, 0.717) is 12.2 Å². The molecule has 1 rings (SSSR count). The number of hydrogen-bond donors (Lipinski definition) is 3. The van der Waals surface area contributed by atoms with Crippen molar-refractivity contribution in [2.24, 2.45) is 0 Å². The molecule has 0 aliphatic rings. The molecule has 0 heterocycles. The molecular formula is C11H14N2O3. The number of nitrogens with one attached hydrogen (secondary N) is 2. The van der Waals surface area contributed by atoms with Gasteiger partial charge in [-0.3, -0.25) is 9.59 Å². The van der Waals surface area contributed by atoms with E-state index in [2.05, 4.69) is 10.6 Å². The van der Waals surface area contributed by atoms with Crippen molar-refractivity contribution in [1.82, 2.24) is 10.6 Å². The van der Waals surface area contributed by atoms with Crippen molar-refractivity contribution in [3.63, 3.8) is 0 Å². The standard InChI is InChI=1S/C11H14N2O3/c1-7(14)8-3-9(5-10(15)4-8)11(16)13-6-12-2/h3-5,12,15H,6H2,1-2H3,(H,13,16). The smallest absolute Gasteiger partial charge is 0.252 e. The lowest BCUT2D eigenvalue weighted by molar-refractivity contribution is 0.0951. The van der Waals surface area contributed by atoms with Crippen molar-refractivity contribution >= 4 is 11.7 Å². The number of Topliss-reactive ketones (excluding diaryl/α,β-unsaturated/α-hetero) is 1. The quantitative estimate of drug-likeness (QED) is 0.512. The number of ketones is 1. The lowest BCUT2D eigenvalue weighted by Gasteiger charge is -2.06. The van der Waals surface area contributed by atoms with Crippen molar-refractivity contribution in [3.05, 3.63) is 29.3 Å². The van der Waals surface area contributed by atoms with E-state index in [1.165, 1.54) is 25.1 Å². The Balaban J connectivity index is 2.95. The van der Waals surface area contributed by atoms with Crippen molar-refractivity contribution in [2.75, 3.05) is 13.7 Å². The van der Waals surface area contributed by atoms with Crippen LogP contribution in [-0.2, 0) is 0 Å². The third-order valence-corrected chi connectivity index (χ3v) is 2.01. The van der Waals surface area contributed by atoms with Crippen molar-refractivity contribution in [1.29, 1.82) is 0 Å². The molecule has 0 unspecified atom stereocenters. The molecule has 5 nitrogen and oxygen atoms in total. The van der Waals surface area contributed by atoms with E-state index < -0.39 is 0 Å². The molecule has 1 aromatic carbocycles. The molecule has 0 bridgehead atoms. The first-order valence-electron chi connectivity index (χ1n) is 4.82. The van der Waals surface area contributed by atoms with Gasteiger partial charge in [0.15, 0.2) is 5.78 Å². The minimum atomic E-state index is -0.340. The van der Waals surface area contributed by atoms with Gasteiger partial charge in [0, 0.05) is 11.1 Å². The van der Waals surface area contributed by atoms with E-state index in [1.54, 1.807) is 7.05 Å². The molecule has 0 aromatic heterocycles. The highest BCUT2D eigenvalue weighted by molar-refractivity contribution is 6.00. The summed E-state index contributed by atoms with van der Waals surface area (Å²) in [4.78, 5) is 22.7. The molecule has 0 spiro atoms. The predicted molar refractivity (Wildman–Crippen MR) is 59.5 cm³/mol.